The number of aryl methyl sites for hydroxylation is 1. The van der Waals surface area contributed by atoms with E-state index in [1.807, 2.05) is 6.20 Å². The third-order valence-electron chi connectivity index (χ3n) is 3.41. The van der Waals surface area contributed by atoms with Gasteiger partial charge in [-0.25, -0.2) is 4.98 Å². The first-order valence-electron chi connectivity index (χ1n) is 7.57. The molecule has 0 spiro atoms. The summed E-state index contributed by atoms with van der Waals surface area (Å²) < 4.78 is 0. The predicted molar refractivity (Wildman–Crippen MR) is 77.5 cm³/mol. The Hall–Kier alpha value is -0.830. The third kappa shape index (κ3) is 5.67. The quantitative estimate of drug-likeness (QED) is 0.615. The Bertz CT molecular complexity index is 306. The van der Waals surface area contributed by atoms with Crippen LogP contribution in [0.1, 0.15) is 82.8 Å². The van der Waals surface area contributed by atoms with Crippen molar-refractivity contribution < 1.29 is 0 Å². The standard InChI is InChI=1S/C15H29N3/c1-3-5-6-7-8-9-11-15-17-12-14(18-15)13(16)10-4-2/h12-13H,3-11,16H2,1-2H3,(H,17,18). The maximum absolute atomic E-state index is 6.06. The summed E-state index contributed by atoms with van der Waals surface area (Å²) in [5, 5.41) is 0. The van der Waals surface area contributed by atoms with Gasteiger partial charge in [0.15, 0.2) is 0 Å². The number of hydrogen-bond donors (Lipinski definition) is 2. The molecule has 0 aromatic carbocycles. The molecule has 3 N–H and O–H groups in total. The summed E-state index contributed by atoms with van der Waals surface area (Å²) in [6.45, 7) is 4.41. The zero-order chi connectivity index (χ0) is 13.2. The lowest BCUT2D eigenvalue weighted by Crippen LogP contribution is -2.10. The Morgan fingerprint density at radius 2 is 1.83 bits per heavy atom. The molecule has 0 radical (unpaired) electrons. The van der Waals surface area contributed by atoms with E-state index in [1.165, 1.54) is 38.5 Å². The van der Waals surface area contributed by atoms with Crippen molar-refractivity contribution in [2.24, 2.45) is 5.73 Å². The number of H-pyrrole nitrogens is 1. The minimum atomic E-state index is 0.126. The normalized spacial score (nSPS) is 12.8. The van der Waals surface area contributed by atoms with Crippen molar-refractivity contribution in [2.75, 3.05) is 0 Å². The molecule has 1 unspecified atom stereocenters. The summed E-state index contributed by atoms with van der Waals surface area (Å²) >= 11 is 0. The summed E-state index contributed by atoms with van der Waals surface area (Å²) in [5.74, 6) is 1.10. The maximum Gasteiger partial charge on any atom is 0.106 e. The van der Waals surface area contributed by atoms with Crippen LogP contribution < -0.4 is 5.73 Å². The van der Waals surface area contributed by atoms with E-state index in [9.17, 15) is 0 Å². The Labute approximate surface area is 112 Å². The lowest BCUT2D eigenvalue weighted by Gasteiger charge is -2.06. The molecule has 18 heavy (non-hydrogen) atoms. The molecule has 0 aliphatic rings. The number of unbranched alkanes of at least 4 members (excludes halogenated alkanes) is 5. The first-order valence-corrected chi connectivity index (χ1v) is 7.57. The van der Waals surface area contributed by atoms with Gasteiger partial charge in [0.05, 0.1) is 5.69 Å². The fourth-order valence-corrected chi connectivity index (χ4v) is 2.23. The molecule has 0 bridgehead atoms. The number of aromatic nitrogens is 2. The van der Waals surface area contributed by atoms with Gasteiger partial charge in [0.1, 0.15) is 5.82 Å². The van der Waals surface area contributed by atoms with Crippen molar-refractivity contribution in [3.05, 3.63) is 17.7 Å². The molecule has 1 aromatic rings. The first kappa shape index (κ1) is 15.2. The molecule has 3 heteroatoms. The second kappa shape index (κ2) is 9.15. The van der Waals surface area contributed by atoms with Crippen molar-refractivity contribution in [1.29, 1.82) is 0 Å². The molecule has 3 nitrogen and oxygen atoms in total. The zero-order valence-electron chi connectivity index (χ0n) is 12.0. The highest BCUT2D eigenvalue weighted by atomic mass is 14.9. The summed E-state index contributed by atoms with van der Waals surface area (Å²) in [6, 6.07) is 0.126. The van der Waals surface area contributed by atoms with E-state index in [4.69, 9.17) is 5.73 Å². The minimum absolute atomic E-state index is 0.126. The van der Waals surface area contributed by atoms with Gasteiger partial charge >= 0.3 is 0 Å². The molecule has 0 saturated heterocycles. The Morgan fingerprint density at radius 1 is 1.11 bits per heavy atom. The third-order valence-corrected chi connectivity index (χ3v) is 3.41. The molecule has 0 fully saturated rings. The summed E-state index contributed by atoms with van der Waals surface area (Å²) in [7, 11) is 0. The van der Waals surface area contributed by atoms with Gasteiger partial charge in [0, 0.05) is 18.7 Å². The summed E-state index contributed by atoms with van der Waals surface area (Å²) in [6.07, 6.45) is 13.1. The van der Waals surface area contributed by atoms with Gasteiger partial charge in [0.25, 0.3) is 0 Å². The minimum Gasteiger partial charge on any atom is -0.345 e. The topological polar surface area (TPSA) is 54.7 Å². The van der Waals surface area contributed by atoms with Gasteiger partial charge in [-0.2, -0.15) is 0 Å². The van der Waals surface area contributed by atoms with Crippen LogP contribution in [0, 0.1) is 0 Å². The van der Waals surface area contributed by atoms with Crippen LogP contribution in [-0.2, 0) is 6.42 Å². The largest absolute Gasteiger partial charge is 0.345 e. The second-order valence-corrected chi connectivity index (χ2v) is 5.20. The number of nitrogens with one attached hydrogen (secondary N) is 1. The van der Waals surface area contributed by atoms with Crippen molar-refractivity contribution >= 4 is 0 Å². The average molecular weight is 251 g/mol. The van der Waals surface area contributed by atoms with Crippen LogP contribution >= 0.6 is 0 Å². The molecular weight excluding hydrogens is 222 g/mol. The Morgan fingerprint density at radius 3 is 2.56 bits per heavy atom. The van der Waals surface area contributed by atoms with E-state index in [1.54, 1.807) is 0 Å². The first-order chi connectivity index (χ1) is 8.77. The van der Waals surface area contributed by atoms with Crippen LogP contribution in [0.25, 0.3) is 0 Å². The van der Waals surface area contributed by atoms with Gasteiger partial charge in [-0.05, 0) is 12.8 Å². The highest BCUT2D eigenvalue weighted by molar-refractivity contribution is 5.06. The molecule has 1 aromatic heterocycles. The SMILES string of the molecule is CCCCCCCCc1ncc(C(N)CCC)[nH]1. The molecule has 0 amide bonds. The van der Waals surface area contributed by atoms with Crippen LogP contribution in [0.4, 0.5) is 0 Å². The fourth-order valence-electron chi connectivity index (χ4n) is 2.23. The van der Waals surface area contributed by atoms with Crippen molar-refractivity contribution in [3.63, 3.8) is 0 Å². The Kier molecular flexibility index (Phi) is 7.74. The van der Waals surface area contributed by atoms with Crippen LogP contribution in [-0.4, -0.2) is 9.97 Å². The fraction of sp³-hybridized carbons (Fsp3) is 0.800. The van der Waals surface area contributed by atoms with Gasteiger partial charge in [-0.3, -0.25) is 0 Å². The average Bonchev–Trinajstić information content (AvgIpc) is 2.83. The van der Waals surface area contributed by atoms with E-state index < -0.39 is 0 Å². The molecule has 1 heterocycles. The predicted octanol–water partition coefficient (Wildman–Crippen LogP) is 4.11. The maximum atomic E-state index is 6.06. The van der Waals surface area contributed by atoms with E-state index in [-0.39, 0.29) is 6.04 Å². The molecule has 0 saturated carbocycles. The molecule has 1 atom stereocenters. The Balaban J connectivity index is 2.19. The summed E-state index contributed by atoms with van der Waals surface area (Å²) in [5.41, 5.74) is 7.15. The number of imidazole rings is 1. The molecule has 1 rings (SSSR count). The number of nitrogens with zero attached hydrogens (tertiary/aromatic N) is 1. The highest BCUT2D eigenvalue weighted by Gasteiger charge is 2.08. The van der Waals surface area contributed by atoms with E-state index >= 15 is 0 Å². The highest BCUT2D eigenvalue weighted by Crippen LogP contribution is 2.14. The number of hydrogen-bond acceptors (Lipinski definition) is 2. The van der Waals surface area contributed by atoms with E-state index in [0.29, 0.717) is 0 Å². The van der Waals surface area contributed by atoms with E-state index in [0.717, 1.165) is 30.8 Å². The molecule has 104 valence electrons. The van der Waals surface area contributed by atoms with Gasteiger partial charge in [-0.1, -0.05) is 52.4 Å². The second-order valence-electron chi connectivity index (χ2n) is 5.20. The van der Waals surface area contributed by atoms with Gasteiger partial charge < -0.3 is 10.7 Å². The van der Waals surface area contributed by atoms with Crippen LogP contribution in [0.3, 0.4) is 0 Å². The van der Waals surface area contributed by atoms with Crippen molar-refractivity contribution in [2.45, 2.75) is 77.7 Å². The van der Waals surface area contributed by atoms with Crippen LogP contribution in [0.5, 0.6) is 0 Å². The zero-order valence-corrected chi connectivity index (χ0v) is 12.0. The van der Waals surface area contributed by atoms with Gasteiger partial charge in [0.2, 0.25) is 0 Å². The van der Waals surface area contributed by atoms with Crippen molar-refractivity contribution in [3.8, 4) is 0 Å². The van der Waals surface area contributed by atoms with Gasteiger partial charge in [-0.15, -0.1) is 0 Å². The molecule has 0 aliphatic carbocycles. The van der Waals surface area contributed by atoms with Crippen molar-refractivity contribution in [1.82, 2.24) is 9.97 Å². The molecule has 0 aliphatic heterocycles. The number of aromatic amines is 1. The summed E-state index contributed by atoms with van der Waals surface area (Å²) in [4.78, 5) is 7.78. The smallest absolute Gasteiger partial charge is 0.106 e. The molecular formula is C15H29N3. The van der Waals surface area contributed by atoms with E-state index in [2.05, 4.69) is 23.8 Å². The lowest BCUT2D eigenvalue weighted by atomic mass is 10.1. The number of rotatable bonds is 10. The van der Waals surface area contributed by atoms with Crippen LogP contribution in [0.2, 0.25) is 0 Å². The number of nitrogens with two attached hydrogens (primary N) is 1. The van der Waals surface area contributed by atoms with Crippen LogP contribution in [0.15, 0.2) is 6.20 Å². The monoisotopic (exact) mass is 251 g/mol. The lowest BCUT2D eigenvalue weighted by molar-refractivity contribution is 0.598.